The van der Waals surface area contributed by atoms with E-state index in [-0.39, 0.29) is 0 Å². The van der Waals surface area contributed by atoms with Gasteiger partial charge in [-0.3, -0.25) is 14.4 Å². The van der Waals surface area contributed by atoms with Gasteiger partial charge in [-0.05, 0) is 27.7 Å². The molecule has 11 heteroatoms. The first-order valence-electron chi connectivity index (χ1n) is 8.60. The number of ether oxygens (including phenoxy) is 5. The number of carbonyl (C=O) groups is 3. The van der Waals surface area contributed by atoms with E-state index >= 15 is 0 Å². The first-order chi connectivity index (χ1) is 12.5. The van der Waals surface area contributed by atoms with Crippen molar-refractivity contribution in [3.05, 3.63) is 0 Å². The topological polar surface area (TPSA) is 142 Å². The minimum Gasteiger partial charge on any atom is -0.480 e. The lowest BCUT2D eigenvalue weighted by atomic mass is 9.98. The molecule has 2 amide bonds. The Bertz CT molecular complexity index is 635. The number of amides is 2. The number of carboxylic acid groups (broad SMARTS) is 1. The zero-order valence-electron chi connectivity index (χ0n) is 15.5. The van der Waals surface area contributed by atoms with Crippen molar-refractivity contribution in [2.45, 2.75) is 70.0 Å². The fourth-order valence-electron chi connectivity index (χ4n) is 3.33. The van der Waals surface area contributed by atoms with Gasteiger partial charge in [-0.1, -0.05) is 0 Å². The highest BCUT2D eigenvalue weighted by Gasteiger charge is 2.62. The number of hydrogen-bond donors (Lipinski definition) is 3. The second kappa shape index (κ2) is 6.99. The van der Waals surface area contributed by atoms with Crippen molar-refractivity contribution >= 4 is 17.8 Å². The molecule has 3 heterocycles. The van der Waals surface area contributed by atoms with Gasteiger partial charge in [0.15, 0.2) is 24.0 Å². The Balaban J connectivity index is 1.66. The highest BCUT2D eigenvalue weighted by atomic mass is 16.9. The molecular formula is C16H24N2O9. The average molecular weight is 388 g/mol. The molecule has 27 heavy (non-hydrogen) atoms. The van der Waals surface area contributed by atoms with E-state index in [0.29, 0.717) is 0 Å². The predicted octanol–water partition coefficient (Wildman–Crippen LogP) is -1.30. The van der Waals surface area contributed by atoms with Crippen molar-refractivity contribution in [2.24, 2.45) is 0 Å². The molecule has 0 aliphatic carbocycles. The third-order valence-corrected chi connectivity index (χ3v) is 4.27. The first kappa shape index (κ1) is 20.0. The molecule has 0 aromatic heterocycles. The van der Waals surface area contributed by atoms with Gasteiger partial charge in [0.25, 0.3) is 5.91 Å². The number of fused-ring (bicyclic) bond motifs is 3. The predicted molar refractivity (Wildman–Crippen MR) is 86.2 cm³/mol. The fraction of sp³-hybridized carbons (Fsp3) is 0.812. The average Bonchev–Trinajstić information content (AvgIpc) is 3.03. The van der Waals surface area contributed by atoms with Gasteiger partial charge in [0, 0.05) is 0 Å². The van der Waals surface area contributed by atoms with Gasteiger partial charge < -0.3 is 39.4 Å². The van der Waals surface area contributed by atoms with Gasteiger partial charge in [0.2, 0.25) is 5.91 Å². The van der Waals surface area contributed by atoms with Crippen LogP contribution in [0.15, 0.2) is 0 Å². The fourth-order valence-corrected chi connectivity index (χ4v) is 3.33. The molecule has 3 aliphatic rings. The molecule has 1 unspecified atom stereocenters. The smallest absolute Gasteiger partial charge is 0.322 e. The lowest BCUT2D eigenvalue weighted by Gasteiger charge is -2.36. The van der Waals surface area contributed by atoms with E-state index in [1.54, 1.807) is 27.7 Å². The van der Waals surface area contributed by atoms with Crippen LogP contribution >= 0.6 is 0 Å². The number of hydrogen-bond acceptors (Lipinski definition) is 8. The van der Waals surface area contributed by atoms with E-state index in [1.807, 2.05) is 0 Å². The number of carbonyl (C=O) groups excluding carboxylic acids is 2. The molecule has 0 bridgehead atoms. The Morgan fingerprint density at radius 2 is 1.44 bits per heavy atom. The molecule has 0 saturated carbocycles. The van der Waals surface area contributed by atoms with Crippen LogP contribution in [-0.4, -0.2) is 78.3 Å². The Kier molecular flexibility index (Phi) is 5.16. The van der Waals surface area contributed by atoms with Crippen molar-refractivity contribution in [2.75, 3.05) is 13.1 Å². The van der Waals surface area contributed by atoms with Gasteiger partial charge >= 0.3 is 5.97 Å². The SMILES string of the molecule is CC1(C)O[C@H]2OC(C(=O)NCC(=O)NCC(=O)O)[C@@H]3OC(C)(C)O[C@@H]3[C@H]2O1. The number of carboxylic acids is 1. The van der Waals surface area contributed by atoms with Crippen LogP contribution in [0, 0.1) is 0 Å². The van der Waals surface area contributed by atoms with E-state index in [0.717, 1.165) is 0 Å². The minimum atomic E-state index is -1.18. The summed E-state index contributed by atoms with van der Waals surface area (Å²) in [6.07, 6.45) is -3.80. The van der Waals surface area contributed by atoms with Crippen molar-refractivity contribution in [3.8, 4) is 0 Å². The number of aliphatic carboxylic acids is 1. The summed E-state index contributed by atoms with van der Waals surface area (Å²) in [5, 5.41) is 13.1. The monoisotopic (exact) mass is 388 g/mol. The van der Waals surface area contributed by atoms with Gasteiger partial charge in [-0.15, -0.1) is 0 Å². The summed E-state index contributed by atoms with van der Waals surface area (Å²) in [6, 6.07) is 0. The maximum atomic E-state index is 12.6. The van der Waals surface area contributed by atoms with Crippen molar-refractivity contribution in [1.29, 1.82) is 0 Å². The van der Waals surface area contributed by atoms with E-state index in [4.69, 9.17) is 28.8 Å². The maximum Gasteiger partial charge on any atom is 0.322 e. The standard InChI is InChI=1S/C16H24N2O9/c1-15(2)24-9-10(25-15)12-14(27-16(3,4)26-12)23-11(9)13(22)18-5-7(19)17-6-8(20)21/h9-12,14H,5-6H2,1-4H3,(H,17,19)(H,18,22)(H,20,21)/t9-,10+,11?,12-,14-/m1/s1. The van der Waals surface area contributed by atoms with Crippen LogP contribution < -0.4 is 10.6 Å². The minimum absolute atomic E-state index is 0.398. The molecule has 0 aromatic carbocycles. The van der Waals surface area contributed by atoms with E-state index in [2.05, 4.69) is 10.6 Å². The largest absolute Gasteiger partial charge is 0.480 e. The lowest BCUT2D eigenvalue weighted by Crippen LogP contribution is -2.60. The maximum absolute atomic E-state index is 12.6. The number of nitrogens with one attached hydrogen (secondary N) is 2. The molecule has 3 aliphatic heterocycles. The second-order valence-corrected chi connectivity index (χ2v) is 7.48. The Morgan fingerprint density at radius 3 is 2.11 bits per heavy atom. The molecule has 11 nitrogen and oxygen atoms in total. The molecule has 0 radical (unpaired) electrons. The molecular weight excluding hydrogens is 364 g/mol. The highest BCUT2D eigenvalue weighted by molar-refractivity contribution is 5.88. The van der Waals surface area contributed by atoms with Crippen LogP contribution in [-0.2, 0) is 38.1 Å². The third kappa shape index (κ3) is 4.38. The summed E-state index contributed by atoms with van der Waals surface area (Å²) in [7, 11) is 0. The highest BCUT2D eigenvalue weighted by Crippen LogP contribution is 2.44. The van der Waals surface area contributed by atoms with Gasteiger partial charge in [-0.2, -0.15) is 0 Å². The zero-order valence-corrected chi connectivity index (χ0v) is 15.5. The molecule has 152 valence electrons. The lowest BCUT2D eigenvalue weighted by molar-refractivity contribution is -0.231. The molecule has 3 rings (SSSR count). The quantitative estimate of drug-likeness (QED) is 0.524. The van der Waals surface area contributed by atoms with Crippen LogP contribution in [0.1, 0.15) is 27.7 Å². The Morgan fingerprint density at radius 1 is 0.852 bits per heavy atom. The van der Waals surface area contributed by atoms with Gasteiger partial charge in [0.1, 0.15) is 24.9 Å². The van der Waals surface area contributed by atoms with Crippen molar-refractivity contribution in [1.82, 2.24) is 10.6 Å². The molecule has 5 atom stereocenters. The van der Waals surface area contributed by atoms with E-state index in [9.17, 15) is 14.4 Å². The zero-order chi connectivity index (χ0) is 20.0. The van der Waals surface area contributed by atoms with E-state index < -0.39 is 73.2 Å². The summed E-state index contributed by atoms with van der Waals surface area (Å²) in [5.74, 6) is -4.26. The molecule has 0 aromatic rings. The Hall–Kier alpha value is -1.79. The van der Waals surface area contributed by atoms with Crippen LogP contribution in [0.3, 0.4) is 0 Å². The van der Waals surface area contributed by atoms with Gasteiger partial charge in [0.05, 0.1) is 6.54 Å². The summed E-state index contributed by atoms with van der Waals surface area (Å²) in [5.41, 5.74) is 0. The normalized spacial score (nSPS) is 35.8. The van der Waals surface area contributed by atoms with Crippen LogP contribution in [0.5, 0.6) is 0 Å². The molecule has 3 fully saturated rings. The Labute approximate surface area is 155 Å². The summed E-state index contributed by atoms with van der Waals surface area (Å²) < 4.78 is 29.0. The van der Waals surface area contributed by atoms with Gasteiger partial charge in [-0.25, -0.2) is 0 Å². The van der Waals surface area contributed by atoms with Crippen LogP contribution in [0.25, 0.3) is 0 Å². The van der Waals surface area contributed by atoms with E-state index in [1.165, 1.54) is 0 Å². The summed E-state index contributed by atoms with van der Waals surface area (Å²) in [6.45, 7) is 5.96. The summed E-state index contributed by atoms with van der Waals surface area (Å²) in [4.78, 5) is 34.6. The van der Waals surface area contributed by atoms with Crippen LogP contribution in [0.4, 0.5) is 0 Å². The third-order valence-electron chi connectivity index (χ3n) is 4.27. The summed E-state index contributed by atoms with van der Waals surface area (Å²) >= 11 is 0. The molecule has 3 N–H and O–H groups in total. The van der Waals surface area contributed by atoms with Crippen molar-refractivity contribution < 1.29 is 43.2 Å². The van der Waals surface area contributed by atoms with Crippen molar-refractivity contribution in [3.63, 3.8) is 0 Å². The second-order valence-electron chi connectivity index (χ2n) is 7.48. The molecule has 0 spiro atoms. The number of rotatable bonds is 5. The molecule has 3 saturated heterocycles. The van der Waals surface area contributed by atoms with Crippen LogP contribution in [0.2, 0.25) is 0 Å². The first-order valence-corrected chi connectivity index (χ1v) is 8.60.